The second-order valence-corrected chi connectivity index (χ2v) is 10.8. The zero-order valence-electron chi connectivity index (χ0n) is 21.0. The van der Waals surface area contributed by atoms with E-state index >= 15 is 0 Å². The minimum atomic E-state index is -4.67. The number of amides is 1. The van der Waals surface area contributed by atoms with Crippen LogP contribution in [0.1, 0.15) is 11.1 Å². The third kappa shape index (κ3) is 6.04. The van der Waals surface area contributed by atoms with Gasteiger partial charge in [0.1, 0.15) is 12.3 Å². The van der Waals surface area contributed by atoms with Crippen LogP contribution in [0.4, 0.5) is 24.5 Å². The Kier molecular flexibility index (Phi) is 7.86. The van der Waals surface area contributed by atoms with Gasteiger partial charge in [0.2, 0.25) is 5.91 Å². The highest BCUT2D eigenvalue weighted by Crippen LogP contribution is 2.33. The van der Waals surface area contributed by atoms with Crippen LogP contribution in [0, 0.1) is 6.92 Å². The summed E-state index contributed by atoms with van der Waals surface area (Å²) in [6.45, 7) is 2.88. The number of anilines is 2. The fraction of sp³-hybridized carbons (Fsp3) is 0.296. The molecular formula is C27H28F3N3O4S. The Hall–Kier alpha value is -3.73. The number of hydrogen-bond donors (Lipinski definition) is 0. The number of alkyl halides is 3. The van der Waals surface area contributed by atoms with Crippen molar-refractivity contribution in [3.8, 4) is 5.75 Å². The first kappa shape index (κ1) is 27.3. The predicted octanol–water partition coefficient (Wildman–Crippen LogP) is 4.57. The second-order valence-electron chi connectivity index (χ2n) is 8.94. The molecule has 1 amide bonds. The molecule has 4 rings (SSSR count). The van der Waals surface area contributed by atoms with E-state index < -0.39 is 34.2 Å². The second kappa shape index (κ2) is 10.9. The lowest BCUT2D eigenvalue weighted by atomic mass is 10.2. The molecule has 1 aliphatic heterocycles. The highest BCUT2D eigenvalue weighted by Gasteiger charge is 2.34. The molecule has 1 fully saturated rings. The Labute approximate surface area is 220 Å². The zero-order chi connectivity index (χ0) is 27.5. The topological polar surface area (TPSA) is 70.2 Å². The van der Waals surface area contributed by atoms with Gasteiger partial charge in [-0.25, -0.2) is 8.42 Å². The molecule has 0 spiro atoms. The number of piperazine rings is 1. The third-order valence-electron chi connectivity index (χ3n) is 6.42. The summed E-state index contributed by atoms with van der Waals surface area (Å²) in [5, 5.41) is 0. The van der Waals surface area contributed by atoms with Crippen molar-refractivity contribution in [2.75, 3.05) is 49.0 Å². The molecule has 3 aromatic rings. The van der Waals surface area contributed by atoms with Crippen molar-refractivity contribution < 1.29 is 31.1 Å². The quantitative estimate of drug-likeness (QED) is 0.434. The molecule has 0 radical (unpaired) electrons. The van der Waals surface area contributed by atoms with Crippen LogP contribution in [0.2, 0.25) is 0 Å². The lowest BCUT2D eigenvalue weighted by molar-refractivity contribution is -0.137. The number of benzene rings is 3. The first-order chi connectivity index (χ1) is 18.0. The number of ether oxygens (including phenoxy) is 1. The molecule has 11 heteroatoms. The van der Waals surface area contributed by atoms with Gasteiger partial charge in [-0.1, -0.05) is 23.8 Å². The highest BCUT2D eigenvalue weighted by molar-refractivity contribution is 7.92. The molecule has 0 aromatic heterocycles. The number of aryl methyl sites for hydroxylation is 1. The van der Waals surface area contributed by atoms with Crippen LogP contribution in [0.5, 0.6) is 5.75 Å². The molecule has 0 N–H and O–H groups in total. The first-order valence-corrected chi connectivity index (χ1v) is 13.4. The Balaban J connectivity index is 1.56. The average Bonchev–Trinajstić information content (AvgIpc) is 2.91. The lowest BCUT2D eigenvalue weighted by Gasteiger charge is -2.37. The van der Waals surface area contributed by atoms with Crippen molar-refractivity contribution >= 4 is 27.3 Å². The molecule has 0 atom stereocenters. The molecule has 3 aromatic carbocycles. The fourth-order valence-electron chi connectivity index (χ4n) is 4.22. The Bertz CT molecular complexity index is 1370. The van der Waals surface area contributed by atoms with Gasteiger partial charge < -0.3 is 14.5 Å². The molecule has 0 saturated carbocycles. The van der Waals surface area contributed by atoms with E-state index in [1.807, 2.05) is 24.3 Å². The number of sulfonamides is 1. The van der Waals surface area contributed by atoms with Gasteiger partial charge in [-0.2, -0.15) is 13.2 Å². The van der Waals surface area contributed by atoms with Crippen molar-refractivity contribution in [2.24, 2.45) is 0 Å². The standard InChI is InChI=1S/C27H28F3N3O4S/c1-20-6-12-25(13-7-20)38(35,36)33(23-5-3-4-21(18-23)27(28,29)30)19-26(34)32-16-14-31(15-17-32)22-8-10-24(37-2)11-9-22/h3-13,18H,14-17,19H2,1-2H3. The van der Waals surface area contributed by atoms with Crippen molar-refractivity contribution in [3.63, 3.8) is 0 Å². The number of carbonyl (C=O) groups excluding carboxylic acids is 1. The van der Waals surface area contributed by atoms with Crippen molar-refractivity contribution in [2.45, 2.75) is 18.0 Å². The van der Waals surface area contributed by atoms with Gasteiger partial charge in [-0.3, -0.25) is 9.10 Å². The molecule has 1 saturated heterocycles. The normalized spacial score (nSPS) is 14.3. The van der Waals surface area contributed by atoms with Crippen LogP contribution < -0.4 is 13.9 Å². The zero-order valence-corrected chi connectivity index (χ0v) is 21.8. The summed E-state index contributed by atoms with van der Waals surface area (Å²) in [5.74, 6) is 0.236. The average molecular weight is 548 g/mol. The van der Waals surface area contributed by atoms with Gasteiger partial charge in [0.25, 0.3) is 10.0 Å². The summed E-state index contributed by atoms with van der Waals surface area (Å²) in [7, 11) is -2.75. The van der Waals surface area contributed by atoms with Gasteiger partial charge in [-0.05, 0) is 61.5 Å². The Morgan fingerprint density at radius 3 is 2.16 bits per heavy atom. The van der Waals surface area contributed by atoms with E-state index in [4.69, 9.17) is 4.74 Å². The van der Waals surface area contributed by atoms with E-state index in [0.29, 0.717) is 26.2 Å². The van der Waals surface area contributed by atoms with Crippen LogP contribution in [-0.4, -0.2) is 59.1 Å². The van der Waals surface area contributed by atoms with Gasteiger partial charge in [0.15, 0.2) is 0 Å². The largest absolute Gasteiger partial charge is 0.497 e. The molecule has 38 heavy (non-hydrogen) atoms. The molecule has 0 unspecified atom stereocenters. The summed E-state index contributed by atoms with van der Waals surface area (Å²) in [6.07, 6.45) is -4.67. The molecular weight excluding hydrogens is 519 g/mol. The number of methoxy groups -OCH3 is 1. The SMILES string of the molecule is COc1ccc(N2CCN(C(=O)CN(c3cccc(C(F)(F)F)c3)S(=O)(=O)c3ccc(C)cc3)CC2)cc1. The Morgan fingerprint density at radius 2 is 1.58 bits per heavy atom. The summed E-state index contributed by atoms with van der Waals surface area (Å²) in [6, 6.07) is 17.5. The third-order valence-corrected chi connectivity index (χ3v) is 8.21. The van der Waals surface area contributed by atoms with E-state index in [2.05, 4.69) is 4.90 Å². The van der Waals surface area contributed by atoms with Gasteiger partial charge in [0.05, 0.1) is 23.3 Å². The number of nitrogens with zero attached hydrogens (tertiary/aromatic N) is 3. The molecule has 0 aliphatic carbocycles. The highest BCUT2D eigenvalue weighted by atomic mass is 32.2. The van der Waals surface area contributed by atoms with Gasteiger partial charge in [-0.15, -0.1) is 0 Å². The summed E-state index contributed by atoms with van der Waals surface area (Å²) < 4.78 is 73.3. The maximum absolute atomic E-state index is 13.6. The predicted molar refractivity (Wildman–Crippen MR) is 139 cm³/mol. The summed E-state index contributed by atoms with van der Waals surface area (Å²) in [4.78, 5) is 16.8. The van der Waals surface area contributed by atoms with Gasteiger partial charge >= 0.3 is 6.18 Å². The van der Waals surface area contributed by atoms with Crippen LogP contribution in [0.25, 0.3) is 0 Å². The maximum atomic E-state index is 13.6. The van der Waals surface area contributed by atoms with Crippen LogP contribution in [0.15, 0.2) is 77.7 Å². The number of hydrogen-bond acceptors (Lipinski definition) is 5. The smallest absolute Gasteiger partial charge is 0.416 e. The molecule has 202 valence electrons. The number of halogens is 3. The minimum Gasteiger partial charge on any atom is -0.497 e. The minimum absolute atomic E-state index is 0.113. The number of carbonyl (C=O) groups is 1. The maximum Gasteiger partial charge on any atom is 0.416 e. The Morgan fingerprint density at radius 1 is 0.947 bits per heavy atom. The molecule has 0 bridgehead atoms. The van der Waals surface area contributed by atoms with Crippen LogP contribution >= 0.6 is 0 Å². The van der Waals surface area contributed by atoms with Crippen molar-refractivity contribution in [1.82, 2.24) is 4.90 Å². The van der Waals surface area contributed by atoms with Crippen LogP contribution in [-0.2, 0) is 21.0 Å². The number of rotatable bonds is 7. The molecule has 1 heterocycles. The lowest BCUT2D eigenvalue weighted by Crippen LogP contribution is -2.52. The van der Waals surface area contributed by atoms with E-state index in [1.54, 1.807) is 26.2 Å². The van der Waals surface area contributed by atoms with E-state index in [-0.39, 0.29) is 10.6 Å². The van der Waals surface area contributed by atoms with E-state index in [0.717, 1.165) is 39.5 Å². The van der Waals surface area contributed by atoms with Gasteiger partial charge in [0, 0.05) is 31.9 Å². The fourth-order valence-corrected chi connectivity index (χ4v) is 5.63. The summed E-state index contributed by atoms with van der Waals surface area (Å²) >= 11 is 0. The van der Waals surface area contributed by atoms with Crippen LogP contribution in [0.3, 0.4) is 0 Å². The monoisotopic (exact) mass is 547 g/mol. The van der Waals surface area contributed by atoms with E-state index in [9.17, 15) is 26.4 Å². The first-order valence-electron chi connectivity index (χ1n) is 11.9. The van der Waals surface area contributed by atoms with E-state index in [1.165, 1.54) is 23.1 Å². The van der Waals surface area contributed by atoms with Crippen molar-refractivity contribution in [3.05, 3.63) is 83.9 Å². The molecule has 7 nitrogen and oxygen atoms in total. The molecule has 1 aliphatic rings. The van der Waals surface area contributed by atoms with Crippen molar-refractivity contribution in [1.29, 1.82) is 0 Å². The summed E-state index contributed by atoms with van der Waals surface area (Å²) in [5.41, 5.74) is 0.552.